The number of rotatable bonds is 5. The van der Waals surface area contributed by atoms with Crippen molar-refractivity contribution >= 4 is 11.8 Å². The van der Waals surface area contributed by atoms with Gasteiger partial charge in [-0.25, -0.2) is 0 Å². The number of unbranched alkanes of at least 4 members (excludes halogenated alkanes) is 1. The van der Waals surface area contributed by atoms with Gasteiger partial charge in [0.25, 0.3) is 0 Å². The van der Waals surface area contributed by atoms with Crippen LogP contribution < -0.4 is 0 Å². The van der Waals surface area contributed by atoms with Gasteiger partial charge in [0.15, 0.2) is 0 Å². The zero-order valence-electron chi connectivity index (χ0n) is 10.4. The summed E-state index contributed by atoms with van der Waals surface area (Å²) in [6.07, 6.45) is 6.39. The molecule has 0 saturated carbocycles. The number of hydrogen-bond donors (Lipinski definition) is 0. The largest absolute Gasteiger partial charge is 0.264 e. The van der Waals surface area contributed by atoms with Crippen LogP contribution in [0.5, 0.6) is 0 Å². The molecule has 1 aromatic heterocycles. The Balaban J connectivity index is 0.000000921. The fourth-order valence-electron chi connectivity index (χ4n) is 1.12. The lowest BCUT2D eigenvalue weighted by molar-refractivity contribution is 0.892. The molecule has 1 unspecified atom stereocenters. The van der Waals surface area contributed by atoms with Gasteiger partial charge >= 0.3 is 0 Å². The quantitative estimate of drug-likeness (QED) is 0.674. The molecule has 1 heterocycles. The van der Waals surface area contributed by atoms with Crippen LogP contribution in [0.25, 0.3) is 0 Å². The Bertz CT molecular complexity index is 223. The molecule has 0 aliphatic heterocycles. The predicted molar refractivity (Wildman–Crippen MR) is 71.4 cm³/mol. The average molecular weight is 225 g/mol. The number of hydrogen-bond acceptors (Lipinski definition) is 2. The lowest BCUT2D eigenvalue weighted by Crippen LogP contribution is -1.90. The summed E-state index contributed by atoms with van der Waals surface area (Å²) in [6.45, 7) is 8.48. The van der Waals surface area contributed by atoms with Crippen LogP contribution in [0.3, 0.4) is 0 Å². The van der Waals surface area contributed by atoms with E-state index in [9.17, 15) is 0 Å². The van der Waals surface area contributed by atoms with Gasteiger partial charge in [0.05, 0.1) is 0 Å². The van der Waals surface area contributed by atoms with Crippen LogP contribution in [-0.2, 0) is 0 Å². The van der Waals surface area contributed by atoms with Crippen LogP contribution in [0.2, 0.25) is 0 Å². The summed E-state index contributed by atoms with van der Waals surface area (Å²) in [5.41, 5.74) is 1.34. The first-order chi connectivity index (χ1) is 7.34. The van der Waals surface area contributed by atoms with E-state index in [0.29, 0.717) is 5.25 Å². The van der Waals surface area contributed by atoms with Crippen LogP contribution in [0, 0.1) is 0 Å². The van der Waals surface area contributed by atoms with Gasteiger partial charge in [0, 0.05) is 17.6 Å². The average Bonchev–Trinajstić information content (AvgIpc) is 2.33. The van der Waals surface area contributed by atoms with Crippen molar-refractivity contribution in [1.29, 1.82) is 0 Å². The first-order valence-corrected chi connectivity index (χ1v) is 6.91. The van der Waals surface area contributed by atoms with Gasteiger partial charge in [-0.1, -0.05) is 33.3 Å². The predicted octanol–water partition coefficient (Wildman–Crippen LogP) is 4.70. The summed E-state index contributed by atoms with van der Waals surface area (Å²) in [7, 11) is 0. The number of aromatic nitrogens is 1. The van der Waals surface area contributed by atoms with E-state index >= 15 is 0 Å². The Labute approximate surface area is 98.7 Å². The van der Waals surface area contributed by atoms with E-state index in [1.165, 1.54) is 24.2 Å². The summed E-state index contributed by atoms with van der Waals surface area (Å²) in [4.78, 5) is 4.12. The van der Waals surface area contributed by atoms with Crippen molar-refractivity contribution in [1.82, 2.24) is 4.98 Å². The molecule has 0 aliphatic carbocycles. The maximum absolute atomic E-state index is 4.12. The first-order valence-electron chi connectivity index (χ1n) is 5.86. The van der Waals surface area contributed by atoms with Crippen LogP contribution in [-0.4, -0.2) is 10.7 Å². The van der Waals surface area contributed by atoms with Gasteiger partial charge in [0.1, 0.15) is 0 Å². The second kappa shape index (κ2) is 10.0. The summed E-state index contributed by atoms with van der Waals surface area (Å²) in [6, 6.07) is 4.16. The highest BCUT2D eigenvalue weighted by atomic mass is 32.2. The van der Waals surface area contributed by atoms with Crippen LogP contribution in [0.4, 0.5) is 0 Å². The van der Waals surface area contributed by atoms with Crippen LogP contribution >= 0.6 is 11.8 Å². The Hall–Kier alpha value is -0.500. The van der Waals surface area contributed by atoms with Gasteiger partial charge < -0.3 is 0 Å². The highest BCUT2D eigenvalue weighted by Gasteiger charge is 2.04. The lowest BCUT2D eigenvalue weighted by Gasteiger charge is -2.09. The van der Waals surface area contributed by atoms with Crippen molar-refractivity contribution in [3.05, 3.63) is 30.1 Å². The number of nitrogens with zero attached hydrogens (tertiary/aromatic N) is 1. The maximum atomic E-state index is 4.12. The normalized spacial score (nSPS) is 11.5. The fourth-order valence-corrected chi connectivity index (χ4v) is 2.26. The summed E-state index contributed by atoms with van der Waals surface area (Å²) >= 11 is 2.01. The number of pyridine rings is 1. The molecule has 0 N–H and O–H groups in total. The van der Waals surface area contributed by atoms with E-state index in [2.05, 4.69) is 24.9 Å². The van der Waals surface area contributed by atoms with E-state index in [-0.39, 0.29) is 0 Å². The molecule has 1 nitrogen and oxygen atoms in total. The molecule has 1 aromatic rings. The van der Waals surface area contributed by atoms with Gasteiger partial charge in [-0.05, 0) is 30.7 Å². The molecule has 0 aliphatic rings. The fraction of sp³-hybridized carbons (Fsp3) is 0.615. The van der Waals surface area contributed by atoms with Crippen LogP contribution in [0.15, 0.2) is 24.5 Å². The summed E-state index contributed by atoms with van der Waals surface area (Å²) < 4.78 is 0. The summed E-state index contributed by atoms with van der Waals surface area (Å²) in [5, 5.41) is 0.584. The molecular formula is C13H23NS. The second-order valence-electron chi connectivity index (χ2n) is 3.15. The Morgan fingerprint density at radius 2 is 2.13 bits per heavy atom. The molecular weight excluding hydrogens is 202 g/mol. The molecule has 0 fully saturated rings. The molecule has 15 heavy (non-hydrogen) atoms. The van der Waals surface area contributed by atoms with Gasteiger partial charge in [-0.2, -0.15) is 11.8 Å². The van der Waals surface area contributed by atoms with E-state index in [1.54, 1.807) is 0 Å². The maximum Gasteiger partial charge on any atom is 0.0311 e. The van der Waals surface area contributed by atoms with Crippen LogP contribution in [0.1, 0.15) is 51.3 Å². The molecule has 0 radical (unpaired) electrons. The van der Waals surface area contributed by atoms with Crippen molar-refractivity contribution in [3.63, 3.8) is 0 Å². The van der Waals surface area contributed by atoms with E-state index in [0.717, 1.165) is 0 Å². The zero-order valence-corrected chi connectivity index (χ0v) is 11.2. The Morgan fingerprint density at radius 3 is 2.67 bits per heavy atom. The highest BCUT2D eigenvalue weighted by Crippen LogP contribution is 2.27. The zero-order chi connectivity index (χ0) is 11.5. The third-order valence-corrected chi connectivity index (χ3v) is 3.32. The molecule has 1 rings (SSSR count). The SMILES string of the molecule is CC.CCCCSC(C)c1cccnc1. The smallest absolute Gasteiger partial charge is 0.0311 e. The van der Waals surface area contributed by atoms with Gasteiger partial charge in [-0.3, -0.25) is 4.98 Å². The standard InChI is InChI=1S/C11H17NS.C2H6/c1-3-4-8-13-10(2)11-6-5-7-12-9-11;1-2/h5-7,9-10H,3-4,8H2,1-2H3;1-2H3. The van der Waals surface area contributed by atoms with E-state index < -0.39 is 0 Å². The summed E-state index contributed by atoms with van der Waals surface area (Å²) in [5.74, 6) is 1.26. The monoisotopic (exact) mass is 225 g/mol. The van der Waals surface area contributed by atoms with Crippen molar-refractivity contribution in [2.24, 2.45) is 0 Å². The third kappa shape index (κ3) is 6.56. The first kappa shape index (κ1) is 14.5. The van der Waals surface area contributed by atoms with Crippen molar-refractivity contribution in [2.45, 2.75) is 45.8 Å². The molecule has 2 heteroatoms. The van der Waals surface area contributed by atoms with Crippen molar-refractivity contribution < 1.29 is 0 Å². The lowest BCUT2D eigenvalue weighted by atomic mass is 10.2. The minimum atomic E-state index is 0.584. The molecule has 0 saturated heterocycles. The minimum Gasteiger partial charge on any atom is -0.264 e. The van der Waals surface area contributed by atoms with Crippen molar-refractivity contribution in [3.8, 4) is 0 Å². The molecule has 1 atom stereocenters. The molecule has 86 valence electrons. The molecule has 0 spiro atoms. The molecule has 0 aromatic carbocycles. The van der Waals surface area contributed by atoms with Gasteiger partial charge in [-0.15, -0.1) is 0 Å². The Morgan fingerprint density at radius 1 is 1.40 bits per heavy atom. The highest BCUT2D eigenvalue weighted by molar-refractivity contribution is 7.99. The molecule has 0 amide bonds. The van der Waals surface area contributed by atoms with E-state index in [1.807, 2.05) is 44.1 Å². The topological polar surface area (TPSA) is 12.9 Å². The second-order valence-corrected chi connectivity index (χ2v) is 4.60. The molecule has 0 bridgehead atoms. The minimum absolute atomic E-state index is 0.584. The third-order valence-electron chi connectivity index (χ3n) is 2.02. The Kier molecular flexibility index (Phi) is 9.70. The van der Waals surface area contributed by atoms with Gasteiger partial charge in [0.2, 0.25) is 0 Å². The van der Waals surface area contributed by atoms with E-state index in [4.69, 9.17) is 0 Å². The number of thioether (sulfide) groups is 1. The van der Waals surface area contributed by atoms with Crippen molar-refractivity contribution in [2.75, 3.05) is 5.75 Å².